The number of nitrogens with one attached hydrogen (secondary N) is 1. The molecular weight excluding hydrogens is 259 g/mol. The summed E-state index contributed by atoms with van der Waals surface area (Å²) < 4.78 is 35.4. The molecule has 0 bridgehead atoms. The van der Waals surface area contributed by atoms with Gasteiger partial charge in [0.15, 0.2) is 0 Å². The summed E-state index contributed by atoms with van der Waals surface area (Å²) in [7, 11) is -4.05. The standard InChI is InChI=1S/C11H13FN2O3S/c1-7(2)6-14-11(15)8-3-9(12)5-10(4-8)18(13,16)17/h3-5H,1,6H2,2H3,(H,14,15)(H2,13,16,17). The maximum atomic E-state index is 13.2. The highest BCUT2D eigenvalue weighted by molar-refractivity contribution is 7.89. The number of halogens is 1. The lowest BCUT2D eigenvalue weighted by molar-refractivity contribution is 0.0956. The zero-order chi connectivity index (χ0) is 13.9. The van der Waals surface area contributed by atoms with Crippen LogP contribution in [-0.2, 0) is 10.0 Å². The molecule has 0 radical (unpaired) electrons. The molecule has 0 heterocycles. The zero-order valence-corrected chi connectivity index (χ0v) is 10.6. The van der Waals surface area contributed by atoms with Gasteiger partial charge in [-0.3, -0.25) is 4.79 Å². The highest BCUT2D eigenvalue weighted by Crippen LogP contribution is 2.13. The Hall–Kier alpha value is -1.73. The van der Waals surface area contributed by atoms with E-state index in [-0.39, 0.29) is 12.1 Å². The minimum atomic E-state index is -4.05. The molecule has 3 N–H and O–H groups in total. The third-order valence-corrected chi connectivity index (χ3v) is 2.91. The molecule has 1 rings (SSSR count). The molecule has 0 saturated heterocycles. The molecule has 1 aromatic carbocycles. The number of rotatable bonds is 4. The topological polar surface area (TPSA) is 89.3 Å². The quantitative estimate of drug-likeness (QED) is 0.794. The number of carbonyl (C=O) groups is 1. The van der Waals surface area contributed by atoms with E-state index < -0.39 is 26.6 Å². The Morgan fingerprint density at radius 1 is 1.44 bits per heavy atom. The van der Waals surface area contributed by atoms with Crippen LogP contribution in [0.2, 0.25) is 0 Å². The van der Waals surface area contributed by atoms with E-state index in [2.05, 4.69) is 11.9 Å². The molecule has 0 aliphatic heterocycles. The first-order valence-electron chi connectivity index (χ1n) is 4.96. The van der Waals surface area contributed by atoms with Gasteiger partial charge < -0.3 is 5.32 Å². The molecule has 7 heteroatoms. The van der Waals surface area contributed by atoms with Crippen LogP contribution in [0.15, 0.2) is 35.2 Å². The Morgan fingerprint density at radius 3 is 2.56 bits per heavy atom. The van der Waals surface area contributed by atoms with Crippen molar-refractivity contribution >= 4 is 15.9 Å². The number of nitrogens with two attached hydrogens (primary N) is 1. The molecule has 0 aliphatic rings. The van der Waals surface area contributed by atoms with Gasteiger partial charge in [-0.1, -0.05) is 12.2 Å². The summed E-state index contributed by atoms with van der Waals surface area (Å²) in [4.78, 5) is 11.2. The van der Waals surface area contributed by atoms with Gasteiger partial charge in [0.25, 0.3) is 5.91 Å². The van der Waals surface area contributed by atoms with Crippen LogP contribution in [0.25, 0.3) is 0 Å². The van der Waals surface area contributed by atoms with Gasteiger partial charge in [-0.15, -0.1) is 0 Å². The Kier molecular flexibility index (Phi) is 4.20. The summed E-state index contributed by atoms with van der Waals surface area (Å²) in [5.74, 6) is -1.44. The van der Waals surface area contributed by atoms with E-state index in [1.807, 2.05) is 0 Å². The third-order valence-electron chi connectivity index (χ3n) is 2.01. The van der Waals surface area contributed by atoms with Crippen LogP contribution in [0.4, 0.5) is 4.39 Å². The Bertz CT molecular complexity index is 596. The first-order valence-corrected chi connectivity index (χ1v) is 6.51. The minimum absolute atomic E-state index is 0.111. The number of hydrogen-bond acceptors (Lipinski definition) is 3. The molecule has 0 spiro atoms. The molecule has 0 atom stereocenters. The number of hydrogen-bond donors (Lipinski definition) is 2. The first kappa shape index (κ1) is 14.3. The summed E-state index contributed by atoms with van der Waals surface area (Å²) in [6.45, 7) is 5.52. The van der Waals surface area contributed by atoms with Crippen molar-refractivity contribution in [1.82, 2.24) is 5.32 Å². The average molecular weight is 272 g/mol. The molecule has 0 aromatic heterocycles. The minimum Gasteiger partial charge on any atom is -0.348 e. The smallest absolute Gasteiger partial charge is 0.251 e. The highest BCUT2D eigenvalue weighted by Gasteiger charge is 2.14. The van der Waals surface area contributed by atoms with Crippen LogP contribution in [0.5, 0.6) is 0 Å². The van der Waals surface area contributed by atoms with E-state index >= 15 is 0 Å². The average Bonchev–Trinajstić information content (AvgIpc) is 2.23. The van der Waals surface area contributed by atoms with Gasteiger partial charge in [0.05, 0.1) is 4.90 Å². The third kappa shape index (κ3) is 3.94. The van der Waals surface area contributed by atoms with Crippen molar-refractivity contribution in [2.75, 3.05) is 6.54 Å². The molecule has 98 valence electrons. The van der Waals surface area contributed by atoms with Gasteiger partial charge in [0.1, 0.15) is 5.82 Å². The maximum Gasteiger partial charge on any atom is 0.251 e. The maximum absolute atomic E-state index is 13.2. The van der Waals surface area contributed by atoms with Crippen LogP contribution in [-0.4, -0.2) is 20.9 Å². The normalized spacial score (nSPS) is 11.1. The lowest BCUT2D eigenvalue weighted by Gasteiger charge is -2.06. The predicted molar refractivity (Wildman–Crippen MR) is 64.9 cm³/mol. The number of amides is 1. The van der Waals surface area contributed by atoms with E-state index in [0.717, 1.165) is 18.2 Å². The monoisotopic (exact) mass is 272 g/mol. The molecule has 0 aliphatic carbocycles. The predicted octanol–water partition coefficient (Wildman–Crippen LogP) is 0.779. The Labute approximate surface area is 105 Å². The SMILES string of the molecule is C=C(C)CNC(=O)c1cc(F)cc(S(N)(=O)=O)c1. The number of primary sulfonamides is 1. The fourth-order valence-electron chi connectivity index (χ4n) is 1.19. The van der Waals surface area contributed by atoms with Crippen molar-refractivity contribution in [3.8, 4) is 0 Å². The largest absolute Gasteiger partial charge is 0.348 e. The second-order valence-corrected chi connectivity index (χ2v) is 5.42. The van der Waals surface area contributed by atoms with Gasteiger partial charge in [-0.2, -0.15) is 0 Å². The van der Waals surface area contributed by atoms with Gasteiger partial charge >= 0.3 is 0 Å². The zero-order valence-electron chi connectivity index (χ0n) is 9.73. The summed E-state index contributed by atoms with van der Waals surface area (Å²) in [6.07, 6.45) is 0. The fraction of sp³-hybridized carbons (Fsp3) is 0.182. The molecule has 1 aromatic rings. The van der Waals surface area contributed by atoms with Gasteiger partial charge in [0.2, 0.25) is 10.0 Å². The van der Waals surface area contributed by atoms with Gasteiger partial charge in [0, 0.05) is 12.1 Å². The fourth-order valence-corrected chi connectivity index (χ4v) is 1.76. The van der Waals surface area contributed by atoms with Crippen molar-refractivity contribution in [3.63, 3.8) is 0 Å². The number of benzene rings is 1. The van der Waals surface area contributed by atoms with E-state index in [4.69, 9.17) is 5.14 Å². The molecular formula is C11H13FN2O3S. The first-order chi connectivity index (χ1) is 8.20. The van der Waals surface area contributed by atoms with E-state index in [9.17, 15) is 17.6 Å². The molecule has 0 fully saturated rings. The van der Waals surface area contributed by atoms with Crippen LogP contribution in [0, 0.1) is 5.82 Å². The van der Waals surface area contributed by atoms with E-state index in [1.54, 1.807) is 6.92 Å². The highest BCUT2D eigenvalue weighted by atomic mass is 32.2. The second-order valence-electron chi connectivity index (χ2n) is 3.86. The molecule has 18 heavy (non-hydrogen) atoms. The lowest BCUT2D eigenvalue weighted by atomic mass is 10.2. The Morgan fingerprint density at radius 2 is 2.06 bits per heavy atom. The Balaban J connectivity index is 3.07. The summed E-state index contributed by atoms with van der Waals surface area (Å²) in [5.41, 5.74) is 0.603. The van der Waals surface area contributed by atoms with Gasteiger partial charge in [-0.25, -0.2) is 17.9 Å². The number of carbonyl (C=O) groups excluding carboxylic acids is 1. The summed E-state index contributed by atoms with van der Waals surface area (Å²) in [6, 6.07) is 2.71. The van der Waals surface area contributed by atoms with Crippen LogP contribution in [0.1, 0.15) is 17.3 Å². The van der Waals surface area contributed by atoms with E-state index in [0.29, 0.717) is 5.57 Å². The summed E-state index contributed by atoms with van der Waals surface area (Å²) >= 11 is 0. The lowest BCUT2D eigenvalue weighted by Crippen LogP contribution is -2.25. The molecule has 1 amide bonds. The van der Waals surface area contributed by atoms with Crippen LogP contribution >= 0.6 is 0 Å². The molecule has 0 unspecified atom stereocenters. The van der Waals surface area contributed by atoms with Crippen molar-refractivity contribution in [1.29, 1.82) is 0 Å². The van der Waals surface area contributed by atoms with Crippen molar-refractivity contribution in [2.45, 2.75) is 11.8 Å². The van der Waals surface area contributed by atoms with E-state index in [1.165, 1.54) is 0 Å². The summed E-state index contributed by atoms with van der Waals surface area (Å²) in [5, 5.41) is 7.34. The number of sulfonamides is 1. The van der Waals surface area contributed by atoms with Crippen molar-refractivity contribution in [3.05, 3.63) is 41.7 Å². The van der Waals surface area contributed by atoms with Crippen molar-refractivity contribution < 1.29 is 17.6 Å². The van der Waals surface area contributed by atoms with Crippen LogP contribution in [0.3, 0.4) is 0 Å². The van der Waals surface area contributed by atoms with Crippen molar-refractivity contribution in [2.24, 2.45) is 5.14 Å². The van der Waals surface area contributed by atoms with Gasteiger partial charge in [-0.05, 0) is 25.1 Å². The molecule has 0 saturated carbocycles. The second kappa shape index (κ2) is 5.28. The van der Waals surface area contributed by atoms with Crippen LogP contribution < -0.4 is 10.5 Å². The molecule has 5 nitrogen and oxygen atoms in total.